The largest absolute Gasteiger partial charge is 0.490 e. The molecule has 1 aromatic rings. The van der Waals surface area contributed by atoms with E-state index in [1.54, 1.807) is 25.1 Å². The van der Waals surface area contributed by atoms with Crippen molar-refractivity contribution in [2.75, 3.05) is 13.2 Å². The molecule has 2 N–H and O–H groups in total. The van der Waals surface area contributed by atoms with Crippen molar-refractivity contribution in [3.63, 3.8) is 0 Å². The summed E-state index contributed by atoms with van der Waals surface area (Å²) in [7, 11) is 0. The number of hydrogen-bond donors (Lipinski definition) is 2. The average molecular weight is 296 g/mol. The van der Waals surface area contributed by atoms with Gasteiger partial charge < -0.3 is 19.7 Å². The van der Waals surface area contributed by atoms with Crippen LogP contribution in [-0.2, 0) is 4.79 Å². The van der Waals surface area contributed by atoms with Gasteiger partial charge in [-0.2, -0.15) is 0 Å². The van der Waals surface area contributed by atoms with E-state index in [0.29, 0.717) is 30.3 Å². The standard InChI is InChI=1S/C16H24O5/c1-4-8-20-13-7-6-12(10-14(13)21-9-5-2)11(3)15(17)16(18)19/h6-7,10-11,15,17H,4-5,8-9H2,1-3H3,(H,18,19). The Balaban J connectivity index is 2.99. The molecule has 0 spiro atoms. The zero-order valence-electron chi connectivity index (χ0n) is 12.8. The monoisotopic (exact) mass is 296 g/mol. The first-order valence-electron chi connectivity index (χ1n) is 7.31. The van der Waals surface area contributed by atoms with Crippen molar-refractivity contribution in [1.82, 2.24) is 0 Å². The Kier molecular flexibility index (Phi) is 7.02. The van der Waals surface area contributed by atoms with Crippen LogP contribution in [0.2, 0.25) is 0 Å². The summed E-state index contributed by atoms with van der Waals surface area (Å²) >= 11 is 0. The average Bonchev–Trinajstić information content (AvgIpc) is 2.49. The zero-order valence-corrected chi connectivity index (χ0v) is 12.8. The van der Waals surface area contributed by atoms with E-state index in [4.69, 9.17) is 14.6 Å². The minimum atomic E-state index is -1.44. The van der Waals surface area contributed by atoms with E-state index < -0.39 is 18.0 Å². The number of aliphatic carboxylic acids is 1. The number of carbonyl (C=O) groups is 1. The lowest BCUT2D eigenvalue weighted by atomic mass is 9.95. The van der Waals surface area contributed by atoms with Gasteiger partial charge in [0.2, 0.25) is 0 Å². The van der Waals surface area contributed by atoms with Crippen molar-refractivity contribution < 1.29 is 24.5 Å². The molecule has 21 heavy (non-hydrogen) atoms. The smallest absolute Gasteiger partial charge is 0.333 e. The van der Waals surface area contributed by atoms with E-state index in [-0.39, 0.29) is 0 Å². The lowest BCUT2D eigenvalue weighted by molar-refractivity contribution is -0.147. The summed E-state index contributed by atoms with van der Waals surface area (Å²) in [6.45, 7) is 6.85. The van der Waals surface area contributed by atoms with E-state index >= 15 is 0 Å². The summed E-state index contributed by atoms with van der Waals surface area (Å²) in [5.74, 6) is -0.519. The quantitative estimate of drug-likeness (QED) is 0.733. The SMILES string of the molecule is CCCOc1ccc(C(C)C(O)C(=O)O)cc1OCCC. The summed E-state index contributed by atoms with van der Waals surface area (Å²) in [6, 6.07) is 5.28. The molecule has 0 fully saturated rings. The predicted molar refractivity (Wildman–Crippen MR) is 80.1 cm³/mol. The van der Waals surface area contributed by atoms with Crippen LogP contribution in [0, 0.1) is 0 Å². The molecule has 5 heteroatoms. The molecule has 1 rings (SSSR count). The van der Waals surface area contributed by atoms with Gasteiger partial charge in [-0.25, -0.2) is 4.79 Å². The third kappa shape index (κ3) is 4.93. The topological polar surface area (TPSA) is 76.0 Å². The molecule has 2 unspecified atom stereocenters. The maximum absolute atomic E-state index is 10.9. The molecule has 0 amide bonds. The lowest BCUT2D eigenvalue weighted by Crippen LogP contribution is -2.25. The van der Waals surface area contributed by atoms with Gasteiger partial charge in [0.25, 0.3) is 0 Å². The first kappa shape index (κ1) is 17.3. The van der Waals surface area contributed by atoms with Crippen LogP contribution >= 0.6 is 0 Å². The van der Waals surface area contributed by atoms with Crippen molar-refractivity contribution in [3.8, 4) is 11.5 Å². The van der Waals surface area contributed by atoms with Crippen LogP contribution in [0.1, 0.15) is 45.1 Å². The molecule has 0 aromatic heterocycles. The summed E-state index contributed by atoms with van der Waals surface area (Å²) in [5, 5.41) is 18.5. The normalized spacial score (nSPS) is 13.5. The molecule has 0 saturated carbocycles. The number of aliphatic hydroxyl groups excluding tert-OH is 1. The molecule has 5 nitrogen and oxygen atoms in total. The highest BCUT2D eigenvalue weighted by atomic mass is 16.5. The Bertz CT molecular complexity index is 458. The molecular formula is C16H24O5. The second-order valence-corrected chi connectivity index (χ2v) is 4.97. The highest BCUT2D eigenvalue weighted by Gasteiger charge is 2.24. The third-order valence-electron chi connectivity index (χ3n) is 3.14. The second kappa shape index (κ2) is 8.52. The van der Waals surface area contributed by atoms with Crippen LogP contribution < -0.4 is 9.47 Å². The van der Waals surface area contributed by atoms with Gasteiger partial charge >= 0.3 is 5.97 Å². The van der Waals surface area contributed by atoms with Gasteiger partial charge in [-0.1, -0.05) is 26.8 Å². The van der Waals surface area contributed by atoms with Crippen LogP contribution in [0.4, 0.5) is 0 Å². The fourth-order valence-corrected chi connectivity index (χ4v) is 1.86. The van der Waals surface area contributed by atoms with E-state index in [2.05, 4.69) is 0 Å². The minimum Gasteiger partial charge on any atom is -0.490 e. The highest BCUT2D eigenvalue weighted by molar-refractivity contribution is 5.73. The Morgan fingerprint density at radius 1 is 1.14 bits per heavy atom. The van der Waals surface area contributed by atoms with Crippen molar-refractivity contribution in [3.05, 3.63) is 23.8 Å². The molecule has 0 radical (unpaired) electrons. The van der Waals surface area contributed by atoms with Gasteiger partial charge in [0, 0.05) is 5.92 Å². The first-order chi connectivity index (χ1) is 10.0. The van der Waals surface area contributed by atoms with Crippen LogP contribution in [0.3, 0.4) is 0 Å². The summed E-state index contributed by atoms with van der Waals surface area (Å²) < 4.78 is 11.3. The number of ether oxygens (including phenoxy) is 2. The molecule has 118 valence electrons. The molecule has 2 atom stereocenters. The van der Waals surface area contributed by atoms with Crippen molar-refractivity contribution >= 4 is 5.97 Å². The molecule has 0 aliphatic rings. The fraction of sp³-hybridized carbons (Fsp3) is 0.562. The molecule has 0 heterocycles. The summed E-state index contributed by atoms with van der Waals surface area (Å²) in [6.07, 6.45) is 0.319. The van der Waals surface area contributed by atoms with E-state index in [1.807, 2.05) is 13.8 Å². The predicted octanol–water partition coefficient (Wildman–Crippen LogP) is 2.81. The fourth-order valence-electron chi connectivity index (χ4n) is 1.86. The number of benzene rings is 1. The van der Waals surface area contributed by atoms with Gasteiger partial charge in [0.15, 0.2) is 17.6 Å². The van der Waals surface area contributed by atoms with E-state index in [0.717, 1.165) is 12.8 Å². The summed E-state index contributed by atoms with van der Waals surface area (Å²) in [4.78, 5) is 10.9. The first-order valence-corrected chi connectivity index (χ1v) is 7.31. The maximum atomic E-state index is 10.9. The van der Waals surface area contributed by atoms with Crippen LogP contribution in [0.15, 0.2) is 18.2 Å². The van der Waals surface area contributed by atoms with Crippen molar-refractivity contribution in [2.24, 2.45) is 0 Å². The number of carboxylic acid groups (broad SMARTS) is 1. The number of carboxylic acids is 1. The van der Waals surface area contributed by atoms with E-state index in [1.165, 1.54) is 0 Å². The van der Waals surface area contributed by atoms with Gasteiger partial charge in [0.05, 0.1) is 13.2 Å². The zero-order chi connectivity index (χ0) is 15.8. The van der Waals surface area contributed by atoms with Crippen LogP contribution in [0.5, 0.6) is 11.5 Å². The van der Waals surface area contributed by atoms with Crippen molar-refractivity contribution in [2.45, 2.75) is 45.6 Å². The second-order valence-electron chi connectivity index (χ2n) is 4.97. The molecule has 0 aliphatic heterocycles. The van der Waals surface area contributed by atoms with Gasteiger partial charge in [-0.15, -0.1) is 0 Å². The summed E-state index contributed by atoms with van der Waals surface area (Å²) in [5.41, 5.74) is 0.708. The number of aliphatic hydroxyl groups is 1. The molecule has 0 saturated heterocycles. The van der Waals surface area contributed by atoms with Crippen LogP contribution in [0.25, 0.3) is 0 Å². The lowest BCUT2D eigenvalue weighted by Gasteiger charge is -2.18. The van der Waals surface area contributed by atoms with Gasteiger partial charge in [-0.05, 0) is 30.5 Å². The Morgan fingerprint density at radius 3 is 2.24 bits per heavy atom. The molecule has 0 bridgehead atoms. The molecule has 1 aromatic carbocycles. The third-order valence-corrected chi connectivity index (χ3v) is 3.14. The Morgan fingerprint density at radius 2 is 1.71 bits per heavy atom. The Hall–Kier alpha value is -1.75. The van der Waals surface area contributed by atoms with E-state index in [9.17, 15) is 9.90 Å². The van der Waals surface area contributed by atoms with Gasteiger partial charge in [0.1, 0.15) is 0 Å². The molecular weight excluding hydrogens is 272 g/mol. The number of rotatable bonds is 9. The van der Waals surface area contributed by atoms with Crippen molar-refractivity contribution in [1.29, 1.82) is 0 Å². The Labute approximate surface area is 125 Å². The number of hydrogen-bond acceptors (Lipinski definition) is 4. The molecule has 0 aliphatic carbocycles. The van der Waals surface area contributed by atoms with Gasteiger partial charge in [-0.3, -0.25) is 0 Å². The van der Waals surface area contributed by atoms with Crippen LogP contribution in [-0.4, -0.2) is 35.5 Å². The minimum absolute atomic E-state index is 0.522. The highest BCUT2D eigenvalue weighted by Crippen LogP contribution is 2.32. The maximum Gasteiger partial charge on any atom is 0.333 e.